The minimum Gasteiger partial charge on any atom is -0.496 e. The molecule has 0 saturated carbocycles. The summed E-state index contributed by atoms with van der Waals surface area (Å²) in [5.41, 5.74) is 0.971. The molecule has 0 spiro atoms. The molecule has 24 heavy (non-hydrogen) atoms. The maximum Gasteiger partial charge on any atom is 0.239 e. The van der Waals surface area contributed by atoms with Crippen LogP contribution in [0.4, 0.5) is 0 Å². The lowest BCUT2D eigenvalue weighted by molar-refractivity contribution is -0.136. The molecule has 132 valence electrons. The van der Waals surface area contributed by atoms with E-state index >= 15 is 0 Å². The molecule has 1 aliphatic rings. The number of methoxy groups -OCH3 is 1. The van der Waals surface area contributed by atoms with Gasteiger partial charge in [-0.15, -0.1) is 0 Å². The first kappa shape index (κ1) is 18.3. The lowest BCUT2D eigenvalue weighted by atomic mass is 10.2. The zero-order chi connectivity index (χ0) is 17.7. The summed E-state index contributed by atoms with van der Waals surface area (Å²) in [6.45, 7) is 1.55. The van der Waals surface area contributed by atoms with Crippen molar-refractivity contribution in [1.82, 2.24) is 14.7 Å². The Bertz CT molecular complexity index is 589. The SMILES string of the molecule is COc1ccccc1CN(C)C(=O)CN1CCCC1C(=O)N(C)C. The molecule has 2 rings (SSSR count). The van der Waals surface area contributed by atoms with Gasteiger partial charge in [0.2, 0.25) is 11.8 Å². The second-order valence-corrected chi connectivity index (χ2v) is 6.42. The van der Waals surface area contributed by atoms with Crippen LogP contribution in [0.3, 0.4) is 0 Å². The average Bonchev–Trinajstić information content (AvgIpc) is 3.02. The molecule has 0 aliphatic carbocycles. The van der Waals surface area contributed by atoms with E-state index in [2.05, 4.69) is 0 Å². The summed E-state index contributed by atoms with van der Waals surface area (Å²) in [5, 5.41) is 0. The third-order valence-corrected chi connectivity index (χ3v) is 4.45. The van der Waals surface area contributed by atoms with E-state index in [4.69, 9.17) is 4.74 Å². The van der Waals surface area contributed by atoms with E-state index in [0.717, 1.165) is 30.7 Å². The topological polar surface area (TPSA) is 53.1 Å². The minimum absolute atomic E-state index is 0.0133. The van der Waals surface area contributed by atoms with Crippen LogP contribution < -0.4 is 4.74 Å². The monoisotopic (exact) mass is 333 g/mol. The molecule has 0 bridgehead atoms. The van der Waals surface area contributed by atoms with Gasteiger partial charge >= 0.3 is 0 Å². The fourth-order valence-electron chi connectivity index (χ4n) is 3.06. The van der Waals surface area contributed by atoms with Crippen molar-refractivity contribution >= 4 is 11.8 Å². The standard InChI is InChI=1S/C18H27N3O3/c1-19(2)18(23)15-9-7-11-21(15)13-17(22)20(3)12-14-8-5-6-10-16(14)24-4/h5-6,8,10,15H,7,9,11-13H2,1-4H3. The van der Waals surface area contributed by atoms with Gasteiger partial charge in [0.15, 0.2) is 0 Å². The Balaban J connectivity index is 1.97. The molecule has 1 aromatic rings. The smallest absolute Gasteiger partial charge is 0.239 e. The maximum absolute atomic E-state index is 12.6. The molecule has 0 aromatic heterocycles. The quantitative estimate of drug-likeness (QED) is 0.785. The molecular weight excluding hydrogens is 306 g/mol. The van der Waals surface area contributed by atoms with Crippen molar-refractivity contribution < 1.29 is 14.3 Å². The molecule has 0 N–H and O–H groups in total. The highest BCUT2D eigenvalue weighted by molar-refractivity contribution is 5.83. The van der Waals surface area contributed by atoms with Crippen molar-refractivity contribution in [3.63, 3.8) is 0 Å². The van der Waals surface area contributed by atoms with Crippen molar-refractivity contribution in [2.24, 2.45) is 0 Å². The predicted molar refractivity (Wildman–Crippen MR) is 92.8 cm³/mol. The van der Waals surface area contributed by atoms with Crippen LogP contribution in [-0.4, -0.2) is 73.9 Å². The van der Waals surface area contributed by atoms with Crippen molar-refractivity contribution in [1.29, 1.82) is 0 Å². The number of amides is 2. The van der Waals surface area contributed by atoms with Crippen LogP contribution in [0.5, 0.6) is 5.75 Å². The van der Waals surface area contributed by atoms with E-state index in [0.29, 0.717) is 6.54 Å². The minimum atomic E-state index is -0.177. The van der Waals surface area contributed by atoms with Crippen LogP contribution in [-0.2, 0) is 16.1 Å². The van der Waals surface area contributed by atoms with Gasteiger partial charge in [0.05, 0.1) is 19.7 Å². The number of carbonyl (C=O) groups excluding carboxylic acids is 2. The summed E-state index contributed by atoms with van der Waals surface area (Å²) in [7, 11) is 6.93. The second kappa shape index (κ2) is 8.15. The van der Waals surface area contributed by atoms with E-state index in [9.17, 15) is 9.59 Å². The van der Waals surface area contributed by atoms with Crippen LogP contribution >= 0.6 is 0 Å². The van der Waals surface area contributed by atoms with Crippen LogP contribution in [0.2, 0.25) is 0 Å². The Morgan fingerprint density at radius 3 is 2.62 bits per heavy atom. The van der Waals surface area contributed by atoms with Gasteiger partial charge in [0, 0.05) is 33.3 Å². The summed E-state index contributed by atoms with van der Waals surface area (Å²) < 4.78 is 5.34. The van der Waals surface area contributed by atoms with E-state index < -0.39 is 0 Å². The number of hydrogen-bond donors (Lipinski definition) is 0. The molecule has 1 aliphatic heterocycles. The predicted octanol–water partition coefficient (Wildman–Crippen LogP) is 1.21. The lowest BCUT2D eigenvalue weighted by Crippen LogP contribution is -2.46. The molecular formula is C18H27N3O3. The summed E-state index contributed by atoms with van der Waals surface area (Å²) in [5.74, 6) is 0.867. The Kier molecular flexibility index (Phi) is 6.20. The second-order valence-electron chi connectivity index (χ2n) is 6.42. The summed E-state index contributed by atoms with van der Waals surface area (Å²) in [6, 6.07) is 7.51. The largest absolute Gasteiger partial charge is 0.496 e. The van der Waals surface area contributed by atoms with Gasteiger partial charge in [-0.1, -0.05) is 18.2 Å². The van der Waals surface area contributed by atoms with Gasteiger partial charge in [-0.2, -0.15) is 0 Å². The lowest BCUT2D eigenvalue weighted by Gasteiger charge is -2.27. The molecule has 6 heteroatoms. The number of ether oxygens (including phenoxy) is 1. The number of benzene rings is 1. The first-order valence-electron chi connectivity index (χ1n) is 8.25. The van der Waals surface area contributed by atoms with Gasteiger partial charge in [-0.05, 0) is 25.5 Å². The number of likely N-dealkylation sites (tertiary alicyclic amines) is 1. The molecule has 6 nitrogen and oxygen atoms in total. The first-order valence-corrected chi connectivity index (χ1v) is 8.25. The fourth-order valence-corrected chi connectivity index (χ4v) is 3.06. The van der Waals surface area contributed by atoms with Crippen molar-refractivity contribution in [3.05, 3.63) is 29.8 Å². The summed E-state index contributed by atoms with van der Waals surface area (Å²) >= 11 is 0. The highest BCUT2D eigenvalue weighted by atomic mass is 16.5. The number of para-hydroxylation sites is 1. The van der Waals surface area contributed by atoms with Crippen LogP contribution in [0.25, 0.3) is 0 Å². The molecule has 1 heterocycles. The highest BCUT2D eigenvalue weighted by Crippen LogP contribution is 2.21. The third kappa shape index (κ3) is 4.26. The first-order chi connectivity index (χ1) is 11.4. The van der Waals surface area contributed by atoms with Gasteiger partial charge in [-0.25, -0.2) is 0 Å². The van der Waals surface area contributed by atoms with Gasteiger partial charge in [0.1, 0.15) is 5.75 Å². The van der Waals surface area contributed by atoms with E-state index in [-0.39, 0.29) is 24.4 Å². The Morgan fingerprint density at radius 1 is 1.25 bits per heavy atom. The highest BCUT2D eigenvalue weighted by Gasteiger charge is 2.33. The summed E-state index contributed by atoms with van der Waals surface area (Å²) in [4.78, 5) is 30.1. The molecule has 1 fully saturated rings. The summed E-state index contributed by atoms with van der Waals surface area (Å²) in [6.07, 6.45) is 1.77. The molecule has 1 unspecified atom stereocenters. The normalized spacial score (nSPS) is 17.6. The van der Waals surface area contributed by atoms with Gasteiger partial charge in [-0.3, -0.25) is 14.5 Å². The Hall–Kier alpha value is -2.08. The molecule has 0 radical (unpaired) electrons. The van der Waals surface area contributed by atoms with E-state index in [1.54, 1.807) is 38.1 Å². The Morgan fingerprint density at radius 2 is 1.96 bits per heavy atom. The fraction of sp³-hybridized carbons (Fsp3) is 0.556. The number of hydrogen-bond acceptors (Lipinski definition) is 4. The average molecular weight is 333 g/mol. The number of carbonyl (C=O) groups is 2. The van der Waals surface area contributed by atoms with Gasteiger partial charge < -0.3 is 14.5 Å². The van der Waals surface area contributed by atoms with Crippen molar-refractivity contribution in [2.75, 3.05) is 41.3 Å². The molecule has 1 saturated heterocycles. The van der Waals surface area contributed by atoms with E-state index in [1.807, 2.05) is 29.2 Å². The number of likely N-dealkylation sites (N-methyl/N-ethyl adjacent to an activating group) is 2. The molecule has 1 atom stereocenters. The third-order valence-electron chi connectivity index (χ3n) is 4.45. The maximum atomic E-state index is 12.6. The van der Waals surface area contributed by atoms with Crippen LogP contribution in [0.1, 0.15) is 18.4 Å². The zero-order valence-corrected chi connectivity index (χ0v) is 15.0. The van der Waals surface area contributed by atoms with Crippen molar-refractivity contribution in [2.45, 2.75) is 25.4 Å². The van der Waals surface area contributed by atoms with Crippen molar-refractivity contribution in [3.8, 4) is 5.75 Å². The van der Waals surface area contributed by atoms with Crippen LogP contribution in [0, 0.1) is 0 Å². The van der Waals surface area contributed by atoms with Crippen LogP contribution in [0.15, 0.2) is 24.3 Å². The molecule has 1 aromatic carbocycles. The van der Waals surface area contributed by atoms with Gasteiger partial charge in [0.25, 0.3) is 0 Å². The Labute approximate surface area is 144 Å². The van der Waals surface area contributed by atoms with E-state index in [1.165, 1.54) is 0 Å². The number of rotatable bonds is 6. The molecule has 2 amide bonds. The zero-order valence-electron chi connectivity index (χ0n) is 15.0. The number of nitrogens with zero attached hydrogens (tertiary/aromatic N) is 3.